The third-order valence-electron chi connectivity index (χ3n) is 4.06. The summed E-state index contributed by atoms with van der Waals surface area (Å²) in [6.45, 7) is 0.659. The van der Waals surface area contributed by atoms with E-state index in [1.807, 2.05) is 53.1 Å². The minimum atomic E-state index is 0.650. The zero-order chi connectivity index (χ0) is 17.2. The van der Waals surface area contributed by atoms with E-state index in [-0.39, 0.29) is 0 Å². The van der Waals surface area contributed by atoms with Crippen LogP contribution in [0.3, 0.4) is 0 Å². The van der Waals surface area contributed by atoms with Crippen LogP contribution in [0, 0.1) is 0 Å². The Morgan fingerprint density at radius 2 is 1.92 bits per heavy atom. The molecule has 0 aliphatic carbocycles. The van der Waals surface area contributed by atoms with Crippen molar-refractivity contribution in [2.45, 2.75) is 6.54 Å². The second kappa shape index (κ2) is 6.57. The van der Waals surface area contributed by atoms with Gasteiger partial charge >= 0.3 is 0 Å². The van der Waals surface area contributed by atoms with Crippen molar-refractivity contribution >= 4 is 33.1 Å². The molecule has 25 heavy (non-hydrogen) atoms. The number of hydrogen-bond donors (Lipinski definition) is 2. The lowest BCUT2D eigenvalue weighted by atomic mass is 10.1. The summed E-state index contributed by atoms with van der Waals surface area (Å²) in [6.07, 6.45) is 5.38. The molecule has 0 atom stereocenters. The standard InChI is InChI=1S/C19H16BrN5/c20-17-12-24-19-16(23-11-13-5-4-8-22-10-13)9-15(18(21)25(17)19)14-6-2-1-3-7-14/h1-10,12,23H,11,21H2. The van der Waals surface area contributed by atoms with E-state index >= 15 is 0 Å². The minimum Gasteiger partial charge on any atom is -0.384 e. The fourth-order valence-electron chi connectivity index (χ4n) is 2.83. The zero-order valence-corrected chi connectivity index (χ0v) is 14.9. The normalized spacial score (nSPS) is 10.9. The SMILES string of the molecule is Nc1c(-c2ccccc2)cc(NCc2cccnc2)c2ncc(Br)n12. The summed E-state index contributed by atoms with van der Waals surface area (Å²) in [6, 6.07) is 16.1. The van der Waals surface area contributed by atoms with Gasteiger partial charge in [-0.15, -0.1) is 0 Å². The Morgan fingerprint density at radius 1 is 1.08 bits per heavy atom. The molecule has 0 aliphatic rings. The molecule has 0 saturated heterocycles. The molecule has 1 aromatic carbocycles. The molecule has 0 saturated carbocycles. The van der Waals surface area contributed by atoms with Gasteiger partial charge in [0.05, 0.1) is 11.9 Å². The lowest BCUT2D eigenvalue weighted by molar-refractivity contribution is 1.10. The predicted octanol–water partition coefficient (Wildman–Crippen LogP) is 4.35. The molecule has 0 radical (unpaired) electrons. The van der Waals surface area contributed by atoms with Crippen molar-refractivity contribution in [1.82, 2.24) is 14.4 Å². The number of nitrogen functional groups attached to an aromatic ring is 1. The first-order valence-electron chi connectivity index (χ1n) is 7.87. The summed E-state index contributed by atoms with van der Waals surface area (Å²) in [5.74, 6) is 0.650. The maximum Gasteiger partial charge on any atom is 0.162 e. The van der Waals surface area contributed by atoms with Crippen LogP contribution in [-0.2, 0) is 6.54 Å². The van der Waals surface area contributed by atoms with E-state index < -0.39 is 0 Å². The Labute approximate surface area is 153 Å². The molecule has 3 heterocycles. The van der Waals surface area contributed by atoms with Gasteiger partial charge in [-0.05, 0) is 39.2 Å². The zero-order valence-electron chi connectivity index (χ0n) is 13.4. The van der Waals surface area contributed by atoms with Crippen LogP contribution in [0.4, 0.5) is 11.5 Å². The van der Waals surface area contributed by atoms with Crippen molar-refractivity contribution in [3.05, 3.63) is 77.3 Å². The average molecular weight is 394 g/mol. The largest absolute Gasteiger partial charge is 0.384 e. The van der Waals surface area contributed by atoms with E-state index in [0.717, 1.165) is 32.6 Å². The Balaban J connectivity index is 1.82. The monoisotopic (exact) mass is 393 g/mol. The van der Waals surface area contributed by atoms with Crippen LogP contribution >= 0.6 is 15.9 Å². The van der Waals surface area contributed by atoms with E-state index in [0.29, 0.717) is 12.4 Å². The first kappa shape index (κ1) is 15.7. The second-order valence-electron chi connectivity index (χ2n) is 5.68. The summed E-state index contributed by atoms with van der Waals surface area (Å²) >= 11 is 3.54. The highest BCUT2D eigenvalue weighted by atomic mass is 79.9. The summed E-state index contributed by atoms with van der Waals surface area (Å²) in [5, 5.41) is 3.45. The van der Waals surface area contributed by atoms with Crippen molar-refractivity contribution in [3.63, 3.8) is 0 Å². The molecule has 0 aliphatic heterocycles. The van der Waals surface area contributed by atoms with E-state index in [4.69, 9.17) is 5.73 Å². The number of hydrogen-bond acceptors (Lipinski definition) is 4. The number of fused-ring (bicyclic) bond motifs is 1. The fraction of sp³-hybridized carbons (Fsp3) is 0.0526. The molecule has 5 nitrogen and oxygen atoms in total. The molecule has 3 aromatic heterocycles. The lowest BCUT2D eigenvalue weighted by Gasteiger charge is -2.14. The van der Waals surface area contributed by atoms with Crippen molar-refractivity contribution in [3.8, 4) is 11.1 Å². The van der Waals surface area contributed by atoms with Gasteiger partial charge in [0.25, 0.3) is 0 Å². The number of benzene rings is 1. The van der Waals surface area contributed by atoms with E-state index in [1.54, 1.807) is 12.4 Å². The minimum absolute atomic E-state index is 0.650. The summed E-state index contributed by atoms with van der Waals surface area (Å²) < 4.78 is 2.73. The van der Waals surface area contributed by atoms with E-state index in [1.165, 1.54) is 0 Å². The smallest absolute Gasteiger partial charge is 0.162 e. The topological polar surface area (TPSA) is 68.2 Å². The summed E-state index contributed by atoms with van der Waals surface area (Å²) in [7, 11) is 0. The second-order valence-corrected chi connectivity index (χ2v) is 6.49. The van der Waals surface area contributed by atoms with Crippen molar-refractivity contribution in [2.24, 2.45) is 0 Å². The maximum absolute atomic E-state index is 6.43. The van der Waals surface area contributed by atoms with Gasteiger partial charge in [-0.3, -0.25) is 9.38 Å². The number of nitrogens with two attached hydrogens (primary N) is 1. The van der Waals surface area contributed by atoms with Crippen molar-refractivity contribution in [2.75, 3.05) is 11.1 Å². The predicted molar refractivity (Wildman–Crippen MR) is 104 cm³/mol. The first-order valence-corrected chi connectivity index (χ1v) is 8.67. The third kappa shape index (κ3) is 2.96. The molecule has 0 amide bonds. The van der Waals surface area contributed by atoms with Gasteiger partial charge in [-0.1, -0.05) is 36.4 Å². The summed E-state index contributed by atoms with van der Waals surface area (Å²) in [5.41, 5.74) is 11.3. The van der Waals surface area contributed by atoms with Gasteiger partial charge in [0.2, 0.25) is 0 Å². The number of anilines is 2. The van der Waals surface area contributed by atoms with Gasteiger partial charge in [0.15, 0.2) is 5.65 Å². The van der Waals surface area contributed by atoms with Crippen LogP contribution in [-0.4, -0.2) is 14.4 Å². The fourth-order valence-corrected chi connectivity index (χ4v) is 3.29. The molecule has 4 aromatic rings. The molecule has 0 spiro atoms. The number of aromatic nitrogens is 3. The van der Waals surface area contributed by atoms with Crippen molar-refractivity contribution < 1.29 is 0 Å². The number of pyridine rings is 2. The van der Waals surface area contributed by atoms with Gasteiger partial charge < -0.3 is 11.1 Å². The highest BCUT2D eigenvalue weighted by molar-refractivity contribution is 9.10. The number of nitrogens with zero attached hydrogens (tertiary/aromatic N) is 3. The molecule has 6 heteroatoms. The first-order chi connectivity index (χ1) is 12.2. The highest BCUT2D eigenvalue weighted by Gasteiger charge is 2.14. The van der Waals surface area contributed by atoms with E-state index in [9.17, 15) is 0 Å². The Hall–Kier alpha value is -2.86. The van der Waals surface area contributed by atoms with Crippen molar-refractivity contribution in [1.29, 1.82) is 0 Å². The van der Waals surface area contributed by atoms with Crippen LogP contribution in [0.5, 0.6) is 0 Å². The molecule has 0 bridgehead atoms. The Bertz CT molecular complexity index is 1010. The molecule has 0 fully saturated rings. The molecule has 0 unspecified atom stereocenters. The highest BCUT2D eigenvalue weighted by Crippen LogP contribution is 2.34. The molecule has 124 valence electrons. The number of imidazole rings is 1. The quantitative estimate of drug-likeness (QED) is 0.540. The van der Waals surface area contributed by atoms with Crippen LogP contribution in [0.1, 0.15) is 5.56 Å². The molecule has 3 N–H and O–H groups in total. The molecular weight excluding hydrogens is 378 g/mol. The van der Waals surface area contributed by atoms with Crippen LogP contribution in [0.25, 0.3) is 16.8 Å². The number of nitrogens with one attached hydrogen (secondary N) is 1. The number of rotatable bonds is 4. The third-order valence-corrected chi connectivity index (χ3v) is 4.62. The van der Waals surface area contributed by atoms with Gasteiger partial charge in [-0.2, -0.15) is 0 Å². The average Bonchev–Trinajstić information content (AvgIpc) is 3.05. The molecular formula is C19H16BrN5. The Morgan fingerprint density at radius 3 is 2.68 bits per heavy atom. The maximum atomic E-state index is 6.43. The van der Waals surface area contributed by atoms with Crippen LogP contribution in [0.15, 0.2) is 71.7 Å². The lowest BCUT2D eigenvalue weighted by Crippen LogP contribution is -2.06. The van der Waals surface area contributed by atoms with Gasteiger partial charge in [0.1, 0.15) is 10.4 Å². The summed E-state index contributed by atoms with van der Waals surface area (Å²) in [4.78, 5) is 8.64. The van der Waals surface area contributed by atoms with Crippen LogP contribution < -0.4 is 11.1 Å². The Kier molecular flexibility index (Phi) is 4.11. The van der Waals surface area contributed by atoms with Crippen LogP contribution in [0.2, 0.25) is 0 Å². The number of halogens is 1. The molecule has 4 rings (SSSR count). The van der Waals surface area contributed by atoms with Gasteiger partial charge in [-0.25, -0.2) is 4.98 Å². The van der Waals surface area contributed by atoms with E-state index in [2.05, 4.69) is 37.3 Å². The van der Waals surface area contributed by atoms with Gasteiger partial charge in [0, 0.05) is 24.5 Å².